The van der Waals surface area contributed by atoms with Crippen molar-refractivity contribution in [1.29, 1.82) is 0 Å². The predicted molar refractivity (Wildman–Crippen MR) is 57.8 cm³/mol. The van der Waals surface area contributed by atoms with Gasteiger partial charge in [0.25, 0.3) is 0 Å². The summed E-state index contributed by atoms with van der Waals surface area (Å²) in [6, 6.07) is 5.51. The zero-order chi connectivity index (χ0) is 10.7. The topological polar surface area (TPSA) is 58.1 Å². The Bertz CT molecular complexity index is 456. The van der Waals surface area contributed by atoms with E-state index in [0.29, 0.717) is 18.2 Å². The Balaban J connectivity index is 2.21. The number of nitrogens with one attached hydrogen (secondary N) is 1. The van der Waals surface area contributed by atoms with E-state index in [2.05, 4.69) is 10.2 Å². The molecule has 80 valence electrons. The maximum absolute atomic E-state index is 8.58. The third-order valence-electron chi connectivity index (χ3n) is 2.08. The Hall–Kier alpha value is -1.10. The first-order valence-corrected chi connectivity index (χ1v) is 5.00. The summed E-state index contributed by atoms with van der Waals surface area (Å²) >= 11 is 5.84. The van der Waals surface area contributed by atoms with Crippen molar-refractivity contribution in [1.82, 2.24) is 10.2 Å². The quantitative estimate of drug-likeness (QED) is 0.781. The van der Waals surface area contributed by atoms with Crippen LogP contribution in [0.3, 0.4) is 0 Å². The van der Waals surface area contributed by atoms with Gasteiger partial charge in [0.15, 0.2) is 0 Å². The lowest BCUT2D eigenvalue weighted by Crippen LogP contribution is -1.99. The van der Waals surface area contributed by atoms with Gasteiger partial charge in [-0.2, -0.15) is 5.10 Å². The van der Waals surface area contributed by atoms with E-state index in [-0.39, 0.29) is 6.61 Å². The molecule has 2 aromatic rings. The molecule has 0 saturated heterocycles. The number of H-pyrrole nitrogens is 1. The van der Waals surface area contributed by atoms with Crippen molar-refractivity contribution in [2.45, 2.75) is 6.61 Å². The van der Waals surface area contributed by atoms with E-state index >= 15 is 0 Å². The average molecular weight is 227 g/mol. The molecular weight excluding hydrogens is 216 g/mol. The van der Waals surface area contributed by atoms with Gasteiger partial charge in [-0.05, 0) is 18.2 Å². The number of hydrogen-bond acceptors (Lipinski definition) is 3. The van der Waals surface area contributed by atoms with Crippen molar-refractivity contribution < 1.29 is 9.84 Å². The van der Waals surface area contributed by atoms with Gasteiger partial charge in [-0.25, -0.2) is 0 Å². The van der Waals surface area contributed by atoms with Gasteiger partial charge in [0, 0.05) is 10.4 Å². The molecule has 2 rings (SSSR count). The fourth-order valence-electron chi connectivity index (χ4n) is 1.39. The third-order valence-corrected chi connectivity index (χ3v) is 2.31. The molecule has 5 heteroatoms. The summed E-state index contributed by atoms with van der Waals surface area (Å²) in [5, 5.41) is 17.2. The fourth-order valence-corrected chi connectivity index (χ4v) is 1.56. The summed E-state index contributed by atoms with van der Waals surface area (Å²) in [5.74, 6) is 0. The van der Waals surface area contributed by atoms with Crippen LogP contribution in [0.4, 0.5) is 0 Å². The molecule has 0 radical (unpaired) electrons. The third kappa shape index (κ3) is 2.28. The largest absolute Gasteiger partial charge is 0.394 e. The van der Waals surface area contributed by atoms with Crippen molar-refractivity contribution in [2.24, 2.45) is 0 Å². The second kappa shape index (κ2) is 4.61. The highest BCUT2D eigenvalue weighted by Crippen LogP contribution is 2.20. The summed E-state index contributed by atoms with van der Waals surface area (Å²) in [4.78, 5) is 0. The van der Waals surface area contributed by atoms with Crippen molar-refractivity contribution >= 4 is 22.5 Å². The van der Waals surface area contributed by atoms with E-state index in [1.165, 1.54) is 0 Å². The maximum Gasteiger partial charge on any atom is 0.0939 e. The summed E-state index contributed by atoms with van der Waals surface area (Å²) in [6.07, 6.45) is 0. The van der Waals surface area contributed by atoms with Crippen molar-refractivity contribution in [2.75, 3.05) is 13.2 Å². The fraction of sp³-hybridized carbons (Fsp3) is 0.300. The van der Waals surface area contributed by atoms with Gasteiger partial charge in [-0.15, -0.1) is 0 Å². The van der Waals surface area contributed by atoms with Gasteiger partial charge >= 0.3 is 0 Å². The van der Waals surface area contributed by atoms with Crippen LogP contribution in [0.1, 0.15) is 5.69 Å². The van der Waals surface area contributed by atoms with E-state index < -0.39 is 0 Å². The van der Waals surface area contributed by atoms with Gasteiger partial charge in [0.05, 0.1) is 31.0 Å². The van der Waals surface area contributed by atoms with Gasteiger partial charge in [-0.1, -0.05) is 11.6 Å². The molecule has 0 fully saturated rings. The molecule has 1 aromatic carbocycles. The van der Waals surface area contributed by atoms with Crippen LogP contribution in [-0.2, 0) is 11.3 Å². The molecule has 0 bridgehead atoms. The summed E-state index contributed by atoms with van der Waals surface area (Å²) < 4.78 is 5.21. The second-order valence-corrected chi connectivity index (χ2v) is 3.58. The Labute approximate surface area is 91.8 Å². The lowest BCUT2D eigenvalue weighted by atomic mass is 10.2. The van der Waals surface area contributed by atoms with Gasteiger partial charge in [-0.3, -0.25) is 5.10 Å². The number of aliphatic hydroxyl groups is 1. The Kier molecular flexibility index (Phi) is 3.20. The molecule has 0 amide bonds. The summed E-state index contributed by atoms with van der Waals surface area (Å²) in [6.45, 7) is 0.769. The van der Waals surface area contributed by atoms with Gasteiger partial charge in [0.2, 0.25) is 0 Å². The number of ether oxygens (including phenoxy) is 1. The normalized spacial score (nSPS) is 11.1. The first-order chi connectivity index (χ1) is 7.31. The number of rotatable bonds is 4. The number of benzene rings is 1. The lowest BCUT2D eigenvalue weighted by Gasteiger charge is -1.99. The highest BCUT2D eigenvalue weighted by molar-refractivity contribution is 6.31. The van der Waals surface area contributed by atoms with Gasteiger partial charge < -0.3 is 9.84 Å². The summed E-state index contributed by atoms with van der Waals surface area (Å²) in [7, 11) is 0. The van der Waals surface area contributed by atoms with Crippen molar-refractivity contribution in [3.05, 3.63) is 28.9 Å². The molecule has 0 aliphatic rings. The molecule has 4 nitrogen and oxygen atoms in total. The van der Waals surface area contributed by atoms with Crippen LogP contribution in [-0.4, -0.2) is 28.5 Å². The standard InChI is InChI=1S/C10H11ClN2O2/c11-7-1-2-8-9(5-7)12-13-10(8)6-15-4-3-14/h1-2,5,14H,3-4,6H2,(H,12,13). The van der Waals surface area contributed by atoms with Crippen LogP contribution >= 0.6 is 11.6 Å². The summed E-state index contributed by atoms with van der Waals surface area (Å²) in [5.41, 5.74) is 1.72. The van der Waals surface area contributed by atoms with Crippen LogP contribution < -0.4 is 0 Å². The number of aliphatic hydroxyl groups excluding tert-OH is 1. The Morgan fingerprint density at radius 3 is 3.13 bits per heavy atom. The van der Waals surface area contributed by atoms with E-state index in [1.807, 2.05) is 12.1 Å². The first kappa shape index (κ1) is 10.4. The maximum atomic E-state index is 8.58. The molecule has 0 spiro atoms. The number of nitrogens with zero attached hydrogens (tertiary/aromatic N) is 1. The second-order valence-electron chi connectivity index (χ2n) is 3.14. The van der Waals surface area contributed by atoms with Crippen molar-refractivity contribution in [3.8, 4) is 0 Å². The van der Waals surface area contributed by atoms with E-state index in [4.69, 9.17) is 21.4 Å². The monoisotopic (exact) mass is 226 g/mol. The van der Waals surface area contributed by atoms with Crippen LogP contribution in [0.5, 0.6) is 0 Å². The zero-order valence-corrected chi connectivity index (χ0v) is 8.79. The Morgan fingerprint density at radius 1 is 1.47 bits per heavy atom. The van der Waals surface area contributed by atoms with Crippen LogP contribution in [0.25, 0.3) is 10.9 Å². The van der Waals surface area contributed by atoms with E-state index in [1.54, 1.807) is 6.07 Å². The van der Waals surface area contributed by atoms with E-state index in [0.717, 1.165) is 16.6 Å². The predicted octanol–water partition coefficient (Wildman–Crippen LogP) is 1.73. The highest BCUT2D eigenvalue weighted by Gasteiger charge is 2.05. The molecule has 0 aliphatic heterocycles. The number of hydrogen-bond donors (Lipinski definition) is 2. The van der Waals surface area contributed by atoms with Gasteiger partial charge in [0.1, 0.15) is 0 Å². The highest BCUT2D eigenvalue weighted by atomic mass is 35.5. The average Bonchev–Trinajstić information content (AvgIpc) is 2.61. The van der Waals surface area contributed by atoms with Crippen molar-refractivity contribution in [3.63, 3.8) is 0 Å². The SMILES string of the molecule is OCCOCc1[nH]nc2cc(Cl)ccc12. The number of fused-ring (bicyclic) bond motifs is 1. The van der Waals surface area contributed by atoms with Crippen LogP contribution in [0.15, 0.2) is 18.2 Å². The lowest BCUT2D eigenvalue weighted by molar-refractivity contribution is 0.0802. The van der Waals surface area contributed by atoms with Crippen LogP contribution in [0, 0.1) is 0 Å². The molecule has 1 aromatic heterocycles. The molecule has 0 unspecified atom stereocenters. The zero-order valence-electron chi connectivity index (χ0n) is 8.03. The minimum atomic E-state index is 0.0257. The Morgan fingerprint density at radius 2 is 2.33 bits per heavy atom. The smallest absolute Gasteiger partial charge is 0.0939 e. The molecule has 0 atom stereocenters. The number of aromatic nitrogens is 2. The van der Waals surface area contributed by atoms with E-state index in [9.17, 15) is 0 Å². The minimum absolute atomic E-state index is 0.0257. The van der Waals surface area contributed by atoms with Crippen LogP contribution in [0.2, 0.25) is 5.02 Å². The molecule has 1 heterocycles. The first-order valence-electron chi connectivity index (χ1n) is 4.62. The molecule has 15 heavy (non-hydrogen) atoms. The molecule has 2 N–H and O–H groups in total. The molecular formula is C10H11ClN2O2. The number of halogens is 1. The number of aromatic amines is 1. The molecule has 0 saturated carbocycles. The molecule has 0 aliphatic carbocycles. The minimum Gasteiger partial charge on any atom is -0.394 e.